The number of nitriles is 1. The van der Waals surface area contributed by atoms with Crippen molar-refractivity contribution in [2.75, 3.05) is 0 Å². The Morgan fingerprint density at radius 3 is 2.40 bits per heavy atom. The molecule has 1 aliphatic rings. The van der Waals surface area contributed by atoms with Crippen molar-refractivity contribution in [2.45, 2.75) is 31.8 Å². The summed E-state index contributed by atoms with van der Waals surface area (Å²) in [6.07, 6.45) is -0.584. The summed E-state index contributed by atoms with van der Waals surface area (Å²) in [4.78, 5) is 0. The second kappa shape index (κ2) is 3.65. The molecule has 0 saturated carbocycles. The topological polar surface area (TPSA) is 42.2 Å². The Labute approximate surface area is 89.2 Å². The minimum atomic E-state index is -0.958. The predicted octanol–water partition coefficient (Wildman–Crippen LogP) is 2.19. The molecule has 1 fully saturated rings. The molecule has 3 atom stereocenters. The lowest BCUT2D eigenvalue weighted by Gasteiger charge is -2.23. The van der Waals surface area contributed by atoms with Crippen LogP contribution in [0, 0.1) is 11.3 Å². The molecule has 1 heterocycles. The van der Waals surface area contributed by atoms with Crippen molar-refractivity contribution < 1.29 is 9.47 Å². The van der Waals surface area contributed by atoms with Crippen LogP contribution in [0.2, 0.25) is 0 Å². The van der Waals surface area contributed by atoms with Gasteiger partial charge < -0.3 is 9.47 Å². The van der Waals surface area contributed by atoms with Crippen molar-refractivity contribution in [3.8, 4) is 6.07 Å². The highest BCUT2D eigenvalue weighted by molar-refractivity contribution is 5.31. The molecule has 15 heavy (non-hydrogen) atoms. The lowest BCUT2D eigenvalue weighted by molar-refractivity contribution is -0.0630. The van der Waals surface area contributed by atoms with Crippen molar-refractivity contribution in [3.05, 3.63) is 35.9 Å². The van der Waals surface area contributed by atoms with E-state index in [9.17, 15) is 5.26 Å². The van der Waals surface area contributed by atoms with E-state index >= 15 is 0 Å². The summed E-state index contributed by atoms with van der Waals surface area (Å²) in [5, 5.41) is 9.30. The number of benzene rings is 1. The molecule has 1 aliphatic heterocycles. The molecule has 0 N–H and O–H groups in total. The first-order valence-electron chi connectivity index (χ1n) is 4.99. The summed E-state index contributed by atoms with van der Waals surface area (Å²) in [5.74, 6) is 0. The minimum absolute atomic E-state index is 0.250. The smallest absolute Gasteiger partial charge is 0.208 e. The fourth-order valence-corrected chi connectivity index (χ4v) is 1.94. The van der Waals surface area contributed by atoms with Crippen LogP contribution in [-0.2, 0) is 15.1 Å². The van der Waals surface area contributed by atoms with Crippen LogP contribution in [0.15, 0.2) is 30.3 Å². The Hall–Kier alpha value is -1.37. The molecule has 0 amide bonds. The Morgan fingerprint density at radius 1 is 1.27 bits per heavy atom. The zero-order valence-electron chi connectivity index (χ0n) is 8.81. The summed E-state index contributed by atoms with van der Waals surface area (Å²) in [5.41, 5.74) is -0.106. The van der Waals surface area contributed by atoms with Crippen molar-refractivity contribution in [1.82, 2.24) is 0 Å². The van der Waals surface area contributed by atoms with Gasteiger partial charge >= 0.3 is 0 Å². The zero-order chi connectivity index (χ0) is 10.9. The van der Waals surface area contributed by atoms with Crippen molar-refractivity contribution >= 4 is 0 Å². The van der Waals surface area contributed by atoms with Gasteiger partial charge in [0, 0.05) is 5.56 Å². The van der Waals surface area contributed by atoms with E-state index in [4.69, 9.17) is 9.47 Å². The molecule has 0 aromatic heterocycles. The van der Waals surface area contributed by atoms with E-state index in [0.717, 1.165) is 5.56 Å². The average molecular weight is 203 g/mol. The van der Waals surface area contributed by atoms with Crippen LogP contribution in [-0.4, -0.2) is 12.4 Å². The van der Waals surface area contributed by atoms with Crippen LogP contribution in [0.5, 0.6) is 0 Å². The molecule has 1 aromatic carbocycles. The van der Waals surface area contributed by atoms with Gasteiger partial charge in [-0.05, 0) is 13.8 Å². The van der Waals surface area contributed by atoms with Crippen LogP contribution < -0.4 is 0 Å². The maximum atomic E-state index is 9.30. The van der Waals surface area contributed by atoms with E-state index in [1.807, 2.05) is 37.3 Å². The van der Waals surface area contributed by atoms with Crippen molar-refractivity contribution in [1.29, 1.82) is 5.26 Å². The molecule has 3 unspecified atom stereocenters. The molecular formula is C12H13NO2. The fraction of sp³-hybridized carbons (Fsp3) is 0.417. The third kappa shape index (κ3) is 1.52. The second-order valence-electron chi connectivity index (χ2n) is 3.68. The molecule has 78 valence electrons. The first kappa shape index (κ1) is 10.2. The quantitative estimate of drug-likeness (QED) is 0.702. The van der Waals surface area contributed by atoms with E-state index in [0.29, 0.717) is 0 Å². The molecule has 0 aliphatic carbocycles. The monoisotopic (exact) mass is 203 g/mol. The molecule has 2 rings (SSSR count). The van der Waals surface area contributed by atoms with E-state index in [2.05, 4.69) is 6.07 Å². The van der Waals surface area contributed by atoms with Gasteiger partial charge in [0.1, 0.15) is 12.2 Å². The first-order valence-corrected chi connectivity index (χ1v) is 4.99. The van der Waals surface area contributed by atoms with Crippen molar-refractivity contribution in [2.24, 2.45) is 0 Å². The van der Waals surface area contributed by atoms with Crippen LogP contribution in [0.1, 0.15) is 19.4 Å². The third-order valence-corrected chi connectivity index (χ3v) is 2.69. The van der Waals surface area contributed by atoms with Gasteiger partial charge in [-0.15, -0.1) is 0 Å². The maximum absolute atomic E-state index is 9.30. The molecule has 3 nitrogen and oxygen atoms in total. The Balaban J connectivity index is 2.44. The van der Waals surface area contributed by atoms with Gasteiger partial charge in [-0.3, -0.25) is 0 Å². The number of hydrogen-bond acceptors (Lipinski definition) is 3. The Bertz CT molecular complexity index is 384. The van der Waals surface area contributed by atoms with Crippen molar-refractivity contribution in [3.63, 3.8) is 0 Å². The maximum Gasteiger partial charge on any atom is 0.208 e. The number of nitrogens with zero attached hydrogens (tertiary/aromatic N) is 1. The second-order valence-corrected chi connectivity index (χ2v) is 3.68. The molecule has 1 aromatic rings. The third-order valence-electron chi connectivity index (χ3n) is 2.69. The highest BCUT2D eigenvalue weighted by Crippen LogP contribution is 2.38. The summed E-state index contributed by atoms with van der Waals surface area (Å²) >= 11 is 0. The zero-order valence-corrected chi connectivity index (χ0v) is 8.81. The lowest BCUT2D eigenvalue weighted by atomic mass is 9.90. The predicted molar refractivity (Wildman–Crippen MR) is 54.8 cm³/mol. The number of hydrogen-bond donors (Lipinski definition) is 0. The minimum Gasteiger partial charge on any atom is -0.345 e. The average Bonchev–Trinajstić information content (AvgIpc) is 2.56. The standard InChI is InChI=1S/C12H13NO2/c1-9-12(8-13,15-10(2)14-9)11-6-4-3-5-7-11/h3-7,9-10H,1-2H3. The molecule has 0 spiro atoms. The molecule has 1 saturated heterocycles. The van der Waals surface area contributed by atoms with Gasteiger partial charge in [0.05, 0.1) is 0 Å². The highest BCUT2D eigenvalue weighted by atomic mass is 16.7. The van der Waals surface area contributed by atoms with Gasteiger partial charge in [-0.2, -0.15) is 5.26 Å². The lowest BCUT2D eigenvalue weighted by Crippen LogP contribution is -2.33. The molecule has 0 bridgehead atoms. The molecule has 0 radical (unpaired) electrons. The largest absolute Gasteiger partial charge is 0.345 e. The van der Waals surface area contributed by atoms with Gasteiger partial charge in [-0.25, -0.2) is 0 Å². The fourth-order valence-electron chi connectivity index (χ4n) is 1.94. The van der Waals surface area contributed by atoms with E-state index in [1.54, 1.807) is 6.92 Å². The molecular weight excluding hydrogens is 190 g/mol. The van der Waals surface area contributed by atoms with Gasteiger partial charge in [0.15, 0.2) is 6.29 Å². The Morgan fingerprint density at radius 2 is 1.93 bits per heavy atom. The van der Waals surface area contributed by atoms with Crippen LogP contribution in [0.4, 0.5) is 0 Å². The first-order chi connectivity index (χ1) is 7.19. The summed E-state index contributed by atoms with van der Waals surface area (Å²) < 4.78 is 11.1. The van der Waals surface area contributed by atoms with Gasteiger partial charge in [0.2, 0.25) is 5.60 Å². The number of rotatable bonds is 1. The number of ether oxygens (including phenoxy) is 2. The summed E-state index contributed by atoms with van der Waals surface area (Å²) in [6, 6.07) is 11.7. The summed E-state index contributed by atoms with van der Waals surface area (Å²) in [7, 11) is 0. The van der Waals surface area contributed by atoms with E-state index in [-0.39, 0.29) is 12.4 Å². The highest BCUT2D eigenvalue weighted by Gasteiger charge is 2.48. The normalized spacial score (nSPS) is 35.0. The SMILES string of the molecule is CC1OC(C)C(C#N)(c2ccccc2)O1. The Kier molecular flexibility index (Phi) is 2.47. The van der Waals surface area contributed by atoms with Gasteiger partial charge in [-0.1, -0.05) is 30.3 Å². The molecule has 3 heteroatoms. The van der Waals surface area contributed by atoms with Gasteiger partial charge in [0.25, 0.3) is 0 Å². The van der Waals surface area contributed by atoms with E-state index < -0.39 is 5.60 Å². The van der Waals surface area contributed by atoms with Crippen LogP contribution >= 0.6 is 0 Å². The summed E-state index contributed by atoms with van der Waals surface area (Å²) in [6.45, 7) is 3.66. The van der Waals surface area contributed by atoms with E-state index in [1.165, 1.54) is 0 Å². The van der Waals surface area contributed by atoms with Crippen LogP contribution in [0.3, 0.4) is 0 Å². The van der Waals surface area contributed by atoms with Crippen LogP contribution in [0.25, 0.3) is 0 Å².